The minimum atomic E-state index is -0.283. The van der Waals surface area contributed by atoms with Crippen molar-refractivity contribution in [2.75, 3.05) is 11.1 Å². The summed E-state index contributed by atoms with van der Waals surface area (Å²) < 4.78 is 22.5. The van der Waals surface area contributed by atoms with Crippen molar-refractivity contribution in [1.82, 2.24) is 14.8 Å². The third-order valence-corrected chi connectivity index (χ3v) is 8.29. The van der Waals surface area contributed by atoms with E-state index in [1.807, 2.05) is 55.5 Å². The Morgan fingerprint density at radius 1 is 1.08 bits per heavy atom. The first kappa shape index (κ1) is 22.8. The zero-order valence-electron chi connectivity index (χ0n) is 19.3. The van der Waals surface area contributed by atoms with E-state index >= 15 is 0 Å². The van der Waals surface area contributed by atoms with Crippen molar-refractivity contribution in [3.63, 3.8) is 0 Å². The quantitative estimate of drug-likeness (QED) is 0.298. The molecule has 0 saturated heterocycles. The molecule has 0 spiro atoms. The number of aromatic nitrogens is 3. The van der Waals surface area contributed by atoms with E-state index in [1.54, 1.807) is 34.6 Å². The van der Waals surface area contributed by atoms with Gasteiger partial charge < -0.3 is 10.1 Å². The van der Waals surface area contributed by atoms with Gasteiger partial charge in [-0.25, -0.2) is 9.37 Å². The van der Waals surface area contributed by atoms with E-state index in [0.29, 0.717) is 28.0 Å². The van der Waals surface area contributed by atoms with Gasteiger partial charge in [-0.3, -0.25) is 4.79 Å². The van der Waals surface area contributed by atoms with Crippen molar-refractivity contribution >= 4 is 45.0 Å². The highest BCUT2D eigenvalue weighted by Crippen LogP contribution is 2.44. The second-order valence-electron chi connectivity index (χ2n) is 8.41. The zero-order valence-corrected chi connectivity index (χ0v) is 20.9. The number of thiazole rings is 1. The molecular weight excluding hydrogens is 495 g/mol. The smallest absolute Gasteiger partial charge is 0.235 e. The number of para-hydroxylation sites is 1. The molecule has 6 rings (SSSR count). The molecule has 0 bridgehead atoms. The second kappa shape index (κ2) is 9.40. The van der Waals surface area contributed by atoms with Crippen LogP contribution in [0.15, 0.2) is 72.8 Å². The summed E-state index contributed by atoms with van der Waals surface area (Å²) in [6, 6.07) is 22.3. The van der Waals surface area contributed by atoms with Gasteiger partial charge in [-0.2, -0.15) is 9.78 Å². The molecule has 0 unspecified atom stereocenters. The monoisotopic (exact) mass is 516 g/mol. The van der Waals surface area contributed by atoms with Crippen LogP contribution in [0.2, 0.25) is 0 Å². The standard InChI is InChI=1S/C27H21FN4O2S2/c1-16-24-25(17-10-12-19(13-11-17)34-14-18-6-2-3-7-20(18)28)35-15-23(33)30-26(24)32(31-16)27-29-21-8-4-5-9-22(21)36-27/h2-13,25H,14-15H2,1H3,(H,30,33)/t25-/m1/s1. The van der Waals surface area contributed by atoms with Gasteiger partial charge in [-0.05, 0) is 42.8 Å². The fourth-order valence-corrected chi connectivity index (χ4v) is 6.36. The number of anilines is 1. The number of ether oxygens (including phenoxy) is 1. The Bertz CT molecular complexity index is 1550. The summed E-state index contributed by atoms with van der Waals surface area (Å²) in [6.07, 6.45) is 0. The Morgan fingerprint density at radius 2 is 1.86 bits per heavy atom. The van der Waals surface area contributed by atoms with E-state index in [2.05, 4.69) is 5.32 Å². The van der Waals surface area contributed by atoms with Gasteiger partial charge in [0.1, 0.15) is 24.0 Å². The first-order chi connectivity index (χ1) is 17.6. The predicted octanol–water partition coefficient (Wildman–Crippen LogP) is 6.28. The first-order valence-electron chi connectivity index (χ1n) is 11.4. The number of hydrogen-bond acceptors (Lipinski definition) is 6. The van der Waals surface area contributed by atoms with Crippen LogP contribution in [0.1, 0.15) is 27.6 Å². The number of rotatable bonds is 5. The van der Waals surface area contributed by atoms with Crippen LogP contribution in [-0.2, 0) is 11.4 Å². The van der Waals surface area contributed by atoms with Crippen molar-refractivity contribution < 1.29 is 13.9 Å². The number of carbonyl (C=O) groups is 1. The molecule has 3 aromatic carbocycles. The highest BCUT2D eigenvalue weighted by molar-refractivity contribution is 8.00. The van der Waals surface area contributed by atoms with Crippen LogP contribution < -0.4 is 10.1 Å². The molecular formula is C27H21FN4O2S2. The van der Waals surface area contributed by atoms with Gasteiger partial charge >= 0.3 is 0 Å². The number of amides is 1. The Labute approximate surface area is 215 Å². The predicted molar refractivity (Wildman–Crippen MR) is 142 cm³/mol. The fraction of sp³-hybridized carbons (Fsp3) is 0.148. The van der Waals surface area contributed by atoms with E-state index in [4.69, 9.17) is 14.8 Å². The van der Waals surface area contributed by atoms with Crippen molar-refractivity contribution in [3.05, 3.63) is 101 Å². The largest absolute Gasteiger partial charge is 0.489 e. The molecule has 0 aliphatic carbocycles. The topological polar surface area (TPSA) is 69.0 Å². The summed E-state index contributed by atoms with van der Waals surface area (Å²) in [5, 5.41) is 8.45. The normalized spacial score (nSPS) is 15.4. The van der Waals surface area contributed by atoms with Crippen LogP contribution in [0.5, 0.6) is 5.75 Å². The van der Waals surface area contributed by atoms with Gasteiger partial charge in [0, 0.05) is 11.1 Å². The molecule has 9 heteroatoms. The van der Waals surface area contributed by atoms with Crippen molar-refractivity contribution in [2.24, 2.45) is 0 Å². The van der Waals surface area contributed by atoms with Gasteiger partial charge in [-0.15, -0.1) is 11.8 Å². The molecule has 1 aliphatic rings. The summed E-state index contributed by atoms with van der Waals surface area (Å²) in [7, 11) is 0. The summed E-state index contributed by atoms with van der Waals surface area (Å²) in [6.45, 7) is 2.11. The number of carbonyl (C=O) groups excluding carboxylic acids is 1. The van der Waals surface area contributed by atoms with Crippen LogP contribution in [0.25, 0.3) is 15.3 Å². The molecule has 0 saturated carbocycles. The maximum Gasteiger partial charge on any atom is 0.235 e. The Morgan fingerprint density at radius 3 is 2.67 bits per heavy atom. The fourth-order valence-electron chi connectivity index (χ4n) is 4.25. The average Bonchev–Trinajstić information content (AvgIpc) is 3.40. The lowest BCUT2D eigenvalue weighted by atomic mass is 10.0. The van der Waals surface area contributed by atoms with Crippen LogP contribution in [0.4, 0.5) is 10.2 Å². The third-order valence-electron chi connectivity index (χ3n) is 6.01. The maximum absolute atomic E-state index is 13.9. The second-order valence-corrected chi connectivity index (χ2v) is 10.5. The van der Waals surface area contributed by atoms with Gasteiger partial charge in [0.2, 0.25) is 11.0 Å². The Hall–Kier alpha value is -3.69. The van der Waals surface area contributed by atoms with Gasteiger partial charge in [0.15, 0.2) is 0 Å². The van der Waals surface area contributed by atoms with E-state index in [-0.39, 0.29) is 23.6 Å². The van der Waals surface area contributed by atoms with Crippen LogP contribution >= 0.6 is 23.1 Å². The summed E-state index contributed by atoms with van der Waals surface area (Å²) in [5.41, 5.74) is 4.24. The van der Waals surface area contributed by atoms with Crippen molar-refractivity contribution in [2.45, 2.75) is 18.8 Å². The molecule has 0 fully saturated rings. The lowest BCUT2D eigenvalue weighted by molar-refractivity contribution is -0.113. The average molecular weight is 517 g/mol. The molecule has 0 radical (unpaired) electrons. The molecule has 1 N–H and O–H groups in total. The molecule has 1 atom stereocenters. The zero-order chi connectivity index (χ0) is 24.6. The molecule has 36 heavy (non-hydrogen) atoms. The molecule has 2 aromatic heterocycles. The Kier molecular flexibility index (Phi) is 5.94. The minimum absolute atomic E-state index is 0.0733. The van der Waals surface area contributed by atoms with Crippen molar-refractivity contribution in [1.29, 1.82) is 0 Å². The molecule has 1 aliphatic heterocycles. The molecule has 180 valence electrons. The number of hydrogen-bond donors (Lipinski definition) is 1. The van der Waals surface area contributed by atoms with Crippen LogP contribution in [0.3, 0.4) is 0 Å². The van der Waals surface area contributed by atoms with E-state index in [1.165, 1.54) is 17.4 Å². The minimum Gasteiger partial charge on any atom is -0.489 e. The van der Waals surface area contributed by atoms with E-state index in [9.17, 15) is 9.18 Å². The number of nitrogens with one attached hydrogen (secondary N) is 1. The number of halogens is 1. The number of benzene rings is 3. The number of fused-ring (bicyclic) bond motifs is 2. The van der Waals surface area contributed by atoms with Gasteiger partial charge in [0.05, 0.1) is 26.9 Å². The van der Waals surface area contributed by atoms with E-state index in [0.717, 1.165) is 27.0 Å². The lowest BCUT2D eigenvalue weighted by Crippen LogP contribution is -2.15. The molecule has 3 heterocycles. The highest BCUT2D eigenvalue weighted by Gasteiger charge is 2.31. The number of aryl methyl sites for hydroxylation is 1. The highest BCUT2D eigenvalue weighted by atomic mass is 32.2. The van der Waals surface area contributed by atoms with E-state index < -0.39 is 0 Å². The van der Waals surface area contributed by atoms with Crippen LogP contribution in [-0.4, -0.2) is 26.4 Å². The van der Waals surface area contributed by atoms with Gasteiger partial charge in [0.25, 0.3) is 0 Å². The molecule has 1 amide bonds. The lowest BCUT2D eigenvalue weighted by Gasteiger charge is -2.16. The maximum atomic E-state index is 13.9. The molecule has 6 nitrogen and oxygen atoms in total. The van der Waals surface area contributed by atoms with Crippen molar-refractivity contribution in [3.8, 4) is 10.9 Å². The molecule has 5 aromatic rings. The summed E-state index contributed by atoms with van der Waals surface area (Å²) >= 11 is 3.10. The number of thioether (sulfide) groups is 1. The third kappa shape index (κ3) is 4.25. The summed E-state index contributed by atoms with van der Waals surface area (Å²) in [5.74, 6) is 1.28. The first-order valence-corrected chi connectivity index (χ1v) is 13.3. The summed E-state index contributed by atoms with van der Waals surface area (Å²) in [4.78, 5) is 17.4. The Balaban J connectivity index is 1.32. The van der Waals surface area contributed by atoms with Crippen LogP contribution in [0, 0.1) is 12.7 Å². The number of nitrogens with zero attached hydrogens (tertiary/aromatic N) is 3. The SMILES string of the molecule is Cc1nn(-c2nc3ccccc3s2)c2c1[C@@H](c1ccc(OCc3ccccc3F)cc1)SCC(=O)N2. The van der Waals surface area contributed by atoms with Gasteiger partial charge in [-0.1, -0.05) is 53.8 Å².